The van der Waals surface area contributed by atoms with Crippen LogP contribution in [0.2, 0.25) is 0 Å². The van der Waals surface area contributed by atoms with Gasteiger partial charge in [0.2, 0.25) is 10.0 Å². The number of benzene rings is 2. The molecule has 0 spiro atoms. The van der Waals surface area contributed by atoms with Crippen LogP contribution >= 0.6 is 15.9 Å². The Balaban J connectivity index is 1.53. The third kappa shape index (κ3) is 5.91. The maximum Gasteiger partial charge on any atom is 0.252 e. The van der Waals surface area contributed by atoms with Crippen molar-refractivity contribution in [1.82, 2.24) is 14.5 Å². The largest absolute Gasteiger partial charge is 0.352 e. The highest BCUT2D eigenvalue weighted by Crippen LogP contribution is 2.25. The number of nitrogens with one attached hydrogen (secondary N) is 1. The van der Waals surface area contributed by atoms with E-state index in [1.54, 1.807) is 12.1 Å². The number of halogens is 1. The van der Waals surface area contributed by atoms with Gasteiger partial charge in [-0.15, -0.1) is 0 Å². The van der Waals surface area contributed by atoms with E-state index >= 15 is 0 Å². The van der Waals surface area contributed by atoms with E-state index < -0.39 is 10.0 Å². The third-order valence-corrected chi connectivity index (χ3v) is 7.77. The van der Waals surface area contributed by atoms with Gasteiger partial charge in [-0.2, -0.15) is 4.31 Å². The molecule has 3 rings (SSSR count). The highest BCUT2D eigenvalue weighted by atomic mass is 79.9. The normalized spacial score (nSPS) is 14.9. The maximum atomic E-state index is 12.8. The van der Waals surface area contributed by atoms with Gasteiger partial charge in [-0.1, -0.05) is 30.3 Å². The Morgan fingerprint density at radius 3 is 2.53 bits per heavy atom. The van der Waals surface area contributed by atoms with Gasteiger partial charge in [0.25, 0.3) is 5.91 Å². The van der Waals surface area contributed by atoms with Gasteiger partial charge in [0.1, 0.15) is 0 Å². The topological polar surface area (TPSA) is 69.7 Å². The van der Waals surface area contributed by atoms with Crippen LogP contribution in [0.5, 0.6) is 0 Å². The van der Waals surface area contributed by atoms with E-state index in [0.29, 0.717) is 29.7 Å². The van der Waals surface area contributed by atoms with E-state index in [1.807, 2.05) is 18.2 Å². The highest BCUT2D eigenvalue weighted by Gasteiger charge is 2.28. The van der Waals surface area contributed by atoms with Gasteiger partial charge >= 0.3 is 0 Å². The summed E-state index contributed by atoms with van der Waals surface area (Å²) in [6, 6.07) is 14.9. The molecule has 1 saturated heterocycles. The Morgan fingerprint density at radius 2 is 1.83 bits per heavy atom. The number of carbonyl (C=O) groups excluding carboxylic acids is 1. The Labute approximate surface area is 187 Å². The lowest BCUT2D eigenvalue weighted by Crippen LogP contribution is -2.30. The Bertz CT molecular complexity index is 961. The lowest BCUT2D eigenvalue weighted by molar-refractivity contribution is 0.0951. The van der Waals surface area contributed by atoms with Crippen molar-refractivity contribution in [3.63, 3.8) is 0 Å². The van der Waals surface area contributed by atoms with E-state index in [9.17, 15) is 13.2 Å². The maximum absolute atomic E-state index is 12.8. The van der Waals surface area contributed by atoms with Crippen molar-refractivity contribution in [2.45, 2.75) is 30.7 Å². The molecule has 2 aromatic rings. The zero-order chi connectivity index (χ0) is 21.6. The van der Waals surface area contributed by atoms with Crippen molar-refractivity contribution in [1.29, 1.82) is 0 Å². The number of hydrogen-bond donors (Lipinski definition) is 1. The average Bonchev–Trinajstić information content (AvgIpc) is 3.28. The second-order valence-corrected chi connectivity index (χ2v) is 10.4. The quantitative estimate of drug-likeness (QED) is 0.542. The summed E-state index contributed by atoms with van der Waals surface area (Å²) in [5, 5.41) is 2.90. The van der Waals surface area contributed by atoms with Crippen molar-refractivity contribution in [3.8, 4) is 0 Å². The summed E-state index contributed by atoms with van der Waals surface area (Å²) in [6.45, 7) is 3.30. The summed E-state index contributed by atoms with van der Waals surface area (Å²) in [6.07, 6.45) is 2.56. The van der Waals surface area contributed by atoms with Crippen LogP contribution in [0.25, 0.3) is 0 Å². The minimum Gasteiger partial charge on any atom is -0.352 e. The number of hydrogen-bond acceptors (Lipinski definition) is 4. The fourth-order valence-electron chi connectivity index (χ4n) is 3.54. The molecule has 1 aliphatic rings. The lowest BCUT2D eigenvalue weighted by Gasteiger charge is -2.17. The molecular weight excluding hydrogens is 466 g/mol. The molecule has 6 nitrogen and oxygen atoms in total. The van der Waals surface area contributed by atoms with Gasteiger partial charge in [0.05, 0.1) is 10.5 Å². The molecule has 30 heavy (non-hydrogen) atoms. The SMILES string of the molecule is CN(CCCNC(=O)c1cc(S(=O)(=O)N2CCCC2)ccc1Br)Cc1ccccc1. The van der Waals surface area contributed by atoms with Gasteiger partial charge < -0.3 is 10.2 Å². The fourth-order valence-corrected chi connectivity index (χ4v) is 5.51. The summed E-state index contributed by atoms with van der Waals surface area (Å²) in [5.74, 6) is -0.272. The van der Waals surface area contributed by atoms with E-state index in [4.69, 9.17) is 0 Å². The zero-order valence-electron chi connectivity index (χ0n) is 17.2. The molecule has 1 N–H and O–H groups in total. The van der Waals surface area contributed by atoms with Gasteiger partial charge in [-0.3, -0.25) is 4.79 Å². The molecule has 0 radical (unpaired) electrons. The van der Waals surface area contributed by atoms with Gasteiger partial charge in [0.15, 0.2) is 0 Å². The summed E-state index contributed by atoms with van der Waals surface area (Å²) in [5.41, 5.74) is 1.59. The third-order valence-electron chi connectivity index (χ3n) is 5.18. The van der Waals surface area contributed by atoms with Crippen molar-refractivity contribution in [2.24, 2.45) is 0 Å². The van der Waals surface area contributed by atoms with Crippen LogP contribution in [0, 0.1) is 0 Å². The highest BCUT2D eigenvalue weighted by molar-refractivity contribution is 9.10. The van der Waals surface area contributed by atoms with Crippen molar-refractivity contribution in [3.05, 3.63) is 64.1 Å². The summed E-state index contributed by atoms with van der Waals surface area (Å²) in [4.78, 5) is 15.0. The number of amides is 1. The van der Waals surface area contributed by atoms with Crippen LogP contribution in [-0.4, -0.2) is 56.8 Å². The van der Waals surface area contributed by atoms with E-state index in [2.05, 4.69) is 45.3 Å². The fraction of sp³-hybridized carbons (Fsp3) is 0.409. The number of carbonyl (C=O) groups is 1. The molecule has 0 bridgehead atoms. The van der Waals surface area contributed by atoms with E-state index in [1.165, 1.54) is 15.9 Å². The molecule has 0 saturated carbocycles. The molecule has 1 heterocycles. The molecule has 0 atom stereocenters. The molecule has 2 aromatic carbocycles. The number of sulfonamides is 1. The van der Waals surface area contributed by atoms with Crippen LogP contribution < -0.4 is 5.32 Å². The van der Waals surface area contributed by atoms with Crippen molar-refractivity contribution >= 4 is 31.9 Å². The van der Waals surface area contributed by atoms with Gasteiger partial charge in [-0.05, 0) is 72.5 Å². The average molecular weight is 494 g/mol. The lowest BCUT2D eigenvalue weighted by atomic mass is 10.2. The number of nitrogens with zero attached hydrogens (tertiary/aromatic N) is 2. The van der Waals surface area contributed by atoms with Gasteiger partial charge in [0, 0.05) is 30.7 Å². The Morgan fingerprint density at radius 1 is 1.13 bits per heavy atom. The minimum atomic E-state index is -3.55. The van der Waals surface area contributed by atoms with Crippen LogP contribution in [0.3, 0.4) is 0 Å². The smallest absolute Gasteiger partial charge is 0.252 e. The molecule has 8 heteroatoms. The van der Waals surface area contributed by atoms with Crippen LogP contribution in [-0.2, 0) is 16.6 Å². The first kappa shape index (κ1) is 22.9. The van der Waals surface area contributed by atoms with Crippen molar-refractivity contribution in [2.75, 3.05) is 33.2 Å². The Kier molecular flexibility index (Phi) is 8.05. The molecule has 0 aromatic heterocycles. The number of rotatable bonds is 9. The minimum absolute atomic E-state index is 0.167. The summed E-state index contributed by atoms with van der Waals surface area (Å²) >= 11 is 3.37. The zero-order valence-corrected chi connectivity index (χ0v) is 19.6. The molecule has 0 aliphatic carbocycles. The molecule has 1 fully saturated rings. The molecular formula is C22H28BrN3O3S. The first-order valence-corrected chi connectivity index (χ1v) is 12.4. The Hall–Kier alpha value is -1.74. The van der Waals surface area contributed by atoms with Crippen LogP contribution in [0.15, 0.2) is 57.9 Å². The second kappa shape index (κ2) is 10.5. The standard InChI is InChI=1S/C22H28BrN3O3S/c1-25(17-18-8-3-2-4-9-18)13-7-12-24-22(27)20-16-19(10-11-21(20)23)30(28,29)26-14-5-6-15-26/h2-4,8-11,16H,5-7,12-15,17H2,1H3,(H,24,27). The second-order valence-electron chi connectivity index (χ2n) is 7.59. The van der Waals surface area contributed by atoms with Crippen molar-refractivity contribution < 1.29 is 13.2 Å². The first-order chi connectivity index (χ1) is 14.4. The van der Waals surface area contributed by atoms with E-state index in [0.717, 1.165) is 32.4 Å². The molecule has 1 amide bonds. The summed E-state index contributed by atoms with van der Waals surface area (Å²) < 4.78 is 27.6. The predicted molar refractivity (Wildman–Crippen MR) is 122 cm³/mol. The first-order valence-electron chi connectivity index (χ1n) is 10.2. The van der Waals surface area contributed by atoms with Gasteiger partial charge in [-0.25, -0.2) is 8.42 Å². The van der Waals surface area contributed by atoms with E-state index in [-0.39, 0.29) is 10.8 Å². The molecule has 0 unspecified atom stereocenters. The molecule has 162 valence electrons. The predicted octanol–water partition coefficient (Wildman–Crippen LogP) is 3.49. The monoisotopic (exact) mass is 493 g/mol. The van der Waals surface area contributed by atoms with Crippen LogP contribution in [0.4, 0.5) is 0 Å². The van der Waals surface area contributed by atoms with Crippen LogP contribution in [0.1, 0.15) is 35.2 Å². The summed E-state index contributed by atoms with van der Waals surface area (Å²) in [7, 11) is -1.50. The molecule has 1 aliphatic heterocycles.